The predicted molar refractivity (Wildman–Crippen MR) is 115 cm³/mol. The third-order valence-corrected chi connectivity index (χ3v) is 5.21. The number of nitrogens with zero attached hydrogens (tertiary/aromatic N) is 3. The van der Waals surface area contributed by atoms with Crippen LogP contribution in [0.2, 0.25) is 0 Å². The number of ether oxygens (including phenoxy) is 1. The van der Waals surface area contributed by atoms with Gasteiger partial charge in [-0.2, -0.15) is 5.10 Å². The minimum Gasteiger partial charge on any atom is -0.462 e. The highest BCUT2D eigenvalue weighted by Crippen LogP contribution is 2.24. The lowest BCUT2D eigenvalue weighted by Gasteiger charge is -2.10. The molecule has 1 N–H and O–H groups in total. The molecule has 32 heavy (non-hydrogen) atoms. The largest absolute Gasteiger partial charge is 0.462 e. The Balaban J connectivity index is 1.57. The molecular formula is C23H20N4O5. The molecule has 2 heterocycles. The van der Waals surface area contributed by atoms with E-state index in [1.807, 2.05) is 0 Å². The van der Waals surface area contributed by atoms with Crippen molar-refractivity contribution < 1.29 is 23.9 Å². The van der Waals surface area contributed by atoms with Gasteiger partial charge in [0, 0.05) is 18.3 Å². The van der Waals surface area contributed by atoms with Gasteiger partial charge < -0.3 is 10.1 Å². The van der Waals surface area contributed by atoms with Crippen molar-refractivity contribution in [2.24, 2.45) is 0 Å². The molecule has 0 unspecified atom stereocenters. The second kappa shape index (κ2) is 8.10. The van der Waals surface area contributed by atoms with E-state index < -0.39 is 17.8 Å². The van der Waals surface area contributed by atoms with E-state index in [1.54, 1.807) is 42.8 Å². The molecule has 0 radical (unpaired) electrons. The Morgan fingerprint density at radius 1 is 1.06 bits per heavy atom. The fourth-order valence-electron chi connectivity index (χ4n) is 3.50. The Labute approximate surface area is 183 Å². The van der Waals surface area contributed by atoms with Gasteiger partial charge in [0.1, 0.15) is 5.56 Å². The summed E-state index contributed by atoms with van der Waals surface area (Å²) < 4.78 is 6.62. The molecule has 1 aliphatic rings. The number of carbonyl (C=O) groups excluding carboxylic acids is 4. The number of esters is 1. The number of benzene rings is 2. The van der Waals surface area contributed by atoms with Gasteiger partial charge in [0.15, 0.2) is 0 Å². The second-order valence-corrected chi connectivity index (χ2v) is 7.21. The molecule has 1 aromatic heterocycles. The van der Waals surface area contributed by atoms with E-state index in [4.69, 9.17) is 4.74 Å². The van der Waals surface area contributed by atoms with Gasteiger partial charge in [-0.3, -0.25) is 19.3 Å². The molecule has 1 aliphatic heterocycles. The molecule has 0 saturated carbocycles. The molecule has 0 bridgehead atoms. The molecule has 0 atom stereocenters. The molecule has 9 heteroatoms. The molecule has 3 amide bonds. The number of hydrogen-bond acceptors (Lipinski definition) is 6. The van der Waals surface area contributed by atoms with Gasteiger partial charge in [0.05, 0.1) is 35.3 Å². The van der Waals surface area contributed by atoms with Gasteiger partial charge in [-0.1, -0.05) is 6.07 Å². The van der Waals surface area contributed by atoms with Crippen molar-refractivity contribution in [2.45, 2.75) is 13.8 Å². The lowest BCUT2D eigenvalue weighted by Crippen LogP contribution is -2.24. The van der Waals surface area contributed by atoms with Crippen molar-refractivity contribution in [3.63, 3.8) is 0 Å². The number of amides is 3. The SMILES string of the molecule is CCOC(=O)c1cnn(-c2cccc(NC(=O)c3ccc4c(c3)C(=O)N(C)C4=O)c2)c1C. The van der Waals surface area contributed by atoms with Crippen LogP contribution >= 0.6 is 0 Å². The van der Waals surface area contributed by atoms with Crippen LogP contribution in [0.4, 0.5) is 5.69 Å². The molecule has 0 aliphatic carbocycles. The lowest BCUT2D eigenvalue weighted by molar-refractivity contribution is 0.0524. The van der Waals surface area contributed by atoms with Crippen molar-refractivity contribution >= 4 is 29.4 Å². The number of imide groups is 1. The number of anilines is 1. The monoisotopic (exact) mass is 432 g/mol. The summed E-state index contributed by atoms with van der Waals surface area (Å²) >= 11 is 0. The summed E-state index contributed by atoms with van der Waals surface area (Å²) in [5.41, 5.74) is 2.86. The van der Waals surface area contributed by atoms with Crippen LogP contribution in [0.3, 0.4) is 0 Å². The number of aromatic nitrogens is 2. The first kappa shape index (κ1) is 21.0. The second-order valence-electron chi connectivity index (χ2n) is 7.21. The van der Waals surface area contributed by atoms with Gasteiger partial charge in [-0.15, -0.1) is 0 Å². The highest BCUT2D eigenvalue weighted by atomic mass is 16.5. The molecule has 0 saturated heterocycles. The van der Waals surface area contributed by atoms with Crippen LogP contribution in [0.5, 0.6) is 0 Å². The van der Waals surface area contributed by atoms with Gasteiger partial charge in [-0.05, 0) is 50.2 Å². The maximum absolute atomic E-state index is 12.8. The number of rotatable bonds is 5. The van der Waals surface area contributed by atoms with E-state index in [0.717, 1.165) is 4.90 Å². The van der Waals surface area contributed by atoms with Crippen molar-refractivity contribution in [2.75, 3.05) is 19.0 Å². The zero-order valence-corrected chi connectivity index (χ0v) is 17.7. The maximum atomic E-state index is 12.8. The molecule has 4 rings (SSSR count). The summed E-state index contributed by atoms with van der Waals surface area (Å²) in [7, 11) is 1.40. The maximum Gasteiger partial charge on any atom is 0.341 e. The Hall–Kier alpha value is -4.27. The van der Waals surface area contributed by atoms with E-state index in [0.29, 0.717) is 22.6 Å². The number of hydrogen-bond donors (Lipinski definition) is 1. The quantitative estimate of drug-likeness (QED) is 0.490. The van der Waals surface area contributed by atoms with E-state index in [-0.39, 0.29) is 29.2 Å². The van der Waals surface area contributed by atoms with Crippen LogP contribution in [-0.4, -0.2) is 52.0 Å². The predicted octanol–water partition coefficient (Wildman–Crippen LogP) is 2.84. The third-order valence-electron chi connectivity index (χ3n) is 5.21. The highest BCUT2D eigenvalue weighted by molar-refractivity contribution is 6.22. The van der Waals surface area contributed by atoms with Gasteiger partial charge in [0.25, 0.3) is 17.7 Å². The summed E-state index contributed by atoms with van der Waals surface area (Å²) in [6.07, 6.45) is 1.44. The van der Waals surface area contributed by atoms with E-state index in [1.165, 1.54) is 31.4 Å². The van der Waals surface area contributed by atoms with Gasteiger partial charge >= 0.3 is 5.97 Å². The number of nitrogens with one attached hydrogen (secondary N) is 1. The Bertz CT molecular complexity index is 1280. The van der Waals surface area contributed by atoms with Crippen LogP contribution in [0.25, 0.3) is 5.69 Å². The fraction of sp³-hybridized carbons (Fsp3) is 0.174. The van der Waals surface area contributed by atoms with Crippen LogP contribution < -0.4 is 5.32 Å². The summed E-state index contributed by atoms with van der Waals surface area (Å²) in [5.74, 6) is -1.70. The van der Waals surface area contributed by atoms with E-state index in [9.17, 15) is 19.2 Å². The van der Waals surface area contributed by atoms with Crippen LogP contribution in [0, 0.1) is 6.92 Å². The normalized spacial score (nSPS) is 12.7. The number of carbonyl (C=O) groups is 4. The van der Waals surface area contributed by atoms with Crippen LogP contribution in [0.15, 0.2) is 48.7 Å². The Morgan fingerprint density at radius 2 is 1.81 bits per heavy atom. The van der Waals surface area contributed by atoms with E-state index in [2.05, 4.69) is 10.4 Å². The molecule has 162 valence electrons. The summed E-state index contributed by atoms with van der Waals surface area (Å²) in [4.78, 5) is 50.0. The summed E-state index contributed by atoms with van der Waals surface area (Å²) in [6.45, 7) is 3.75. The van der Waals surface area contributed by atoms with Crippen molar-refractivity contribution in [1.29, 1.82) is 0 Å². The van der Waals surface area contributed by atoms with Crippen LogP contribution in [-0.2, 0) is 4.74 Å². The zero-order valence-electron chi connectivity index (χ0n) is 17.7. The molecule has 0 fully saturated rings. The topological polar surface area (TPSA) is 111 Å². The summed E-state index contributed by atoms with van der Waals surface area (Å²) in [5, 5.41) is 7.04. The average Bonchev–Trinajstić information content (AvgIpc) is 3.27. The first-order chi connectivity index (χ1) is 15.3. The molecule has 3 aromatic rings. The summed E-state index contributed by atoms with van der Waals surface area (Å²) in [6, 6.07) is 11.4. The Kier molecular flexibility index (Phi) is 5.31. The van der Waals surface area contributed by atoms with Crippen molar-refractivity contribution in [1.82, 2.24) is 14.7 Å². The molecule has 9 nitrogen and oxygen atoms in total. The standard InChI is InChI=1S/C23H20N4O5/c1-4-32-23(31)19-12-24-27(13(19)2)16-7-5-6-15(11-16)25-20(28)14-8-9-17-18(10-14)22(30)26(3)21(17)29/h5-12H,4H2,1-3H3,(H,25,28). The minimum absolute atomic E-state index is 0.206. The minimum atomic E-state index is -0.448. The van der Waals surface area contributed by atoms with Crippen LogP contribution in [0.1, 0.15) is 54.0 Å². The first-order valence-electron chi connectivity index (χ1n) is 9.91. The lowest BCUT2D eigenvalue weighted by atomic mass is 10.1. The third kappa shape index (κ3) is 3.53. The molecule has 0 spiro atoms. The molecular weight excluding hydrogens is 412 g/mol. The zero-order chi connectivity index (χ0) is 23.0. The van der Waals surface area contributed by atoms with Crippen molar-refractivity contribution in [3.05, 3.63) is 76.6 Å². The van der Waals surface area contributed by atoms with Gasteiger partial charge in [0.2, 0.25) is 0 Å². The molecule has 2 aromatic carbocycles. The first-order valence-corrected chi connectivity index (χ1v) is 9.91. The fourth-order valence-corrected chi connectivity index (χ4v) is 3.50. The van der Waals surface area contributed by atoms with Gasteiger partial charge in [-0.25, -0.2) is 9.48 Å². The van der Waals surface area contributed by atoms with Crippen molar-refractivity contribution in [3.8, 4) is 5.69 Å². The number of fused-ring (bicyclic) bond motifs is 1. The average molecular weight is 432 g/mol. The Morgan fingerprint density at radius 3 is 2.56 bits per heavy atom. The van der Waals surface area contributed by atoms with E-state index >= 15 is 0 Å². The smallest absolute Gasteiger partial charge is 0.341 e. The highest BCUT2D eigenvalue weighted by Gasteiger charge is 2.33.